The molecule has 0 heterocycles. The fourth-order valence-corrected chi connectivity index (χ4v) is 3.16. The second kappa shape index (κ2) is 5.04. The number of benzene rings is 2. The average molecular weight is 352 g/mol. The molecule has 106 valence electrons. The number of nitrogens with zero attached hydrogens (tertiary/aromatic N) is 1. The van der Waals surface area contributed by atoms with Gasteiger partial charge in [0.15, 0.2) is 23.1 Å². The van der Waals surface area contributed by atoms with Gasteiger partial charge in [0.25, 0.3) is 0 Å². The lowest BCUT2D eigenvalue weighted by atomic mass is 9.92. The first kappa shape index (κ1) is 13.9. The van der Waals surface area contributed by atoms with Gasteiger partial charge in [-0.15, -0.1) is 4.91 Å². The molecule has 2 aromatic rings. The molecule has 0 spiro atoms. The summed E-state index contributed by atoms with van der Waals surface area (Å²) in [5.41, 5.74) is 1.36. The Balaban J connectivity index is 2.18. The Morgan fingerprint density at radius 1 is 1.19 bits per heavy atom. The van der Waals surface area contributed by atoms with E-state index in [2.05, 4.69) is 21.1 Å². The van der Waals surface area contributed by atoms with Gasteiger partial charge in [0.05, 0.1) is 0 Å². The molecule has 0 aliphatic heterocycles. The molecule has 3 nitrogen and oxygen atoms in total. The predicted molar refractivity (Wildman–Crippen MR) is 78.5 cm³/mol. The minimum atomic E-state index is -0.735. The molecule has 0 radical (unpaired) electrons. The minimum absolute atomic E-state index is 0.258. The molecule has 3 rings (SSSR count). The molecule has 1 unspecified atom stereocenters. The normalized spacial score (nSPS) is 16.0. The Morgan fingerprint density at radius 2 is 1.95 bits per heavy atom. The zero-order valence-corrected chi connectivity index (χ0v) is 12.1. The van der Waals surface area contributed by atoms with E-state index in [0.29, 0.717) is 21.2 Å². The second-order valence-corrected chi connectivity index (χ2v) is 5.51. The first-order valence-electron chi connectivity index (χ1n) is 6.04. The quantitative estimate of drug-likeness (QED) is 0.774. The molecule has 1 aliphatic carbocycles. The lowest BCUT2D eigenvalue weighted by molar-refractivity contribution is 0.432. The topological polar surface area (TPSA) is 49.7 Å². The maximum atomic E-state index is 13.7. The number of phenolic OH excluding ortho intramolecular Hbond substituents is 1. The van der Waals surface area contributed by atoms with Gasteiger partial charge in [0.1, 0.15) is 0 Å². The van der Waals surface area contributed by atoms with Gasteiger partial charge in [-0.1, -0.05) is 34.1 Å². The molecular weight excluding hydrogens is 344 g/mol. The van der Waals surface area contributed by atoms with E-state index in [1.807, 2.05) is 0 Å². The standard InChI is InChI=1S/C15H8BrF2NO2/c16-10-6-12(18)15(19-21)9-3-2-8(14(9)10)7-1-4-13(20)11(17)5-7/h1-6,8,20H. The summed E-state index contributed by atoms with van der Waals surface area (Å²) in [6, 6.07) is 5.22. The van der Waals surface area contributed by atoms with Crippen molar-refractivity contribution in [3.8, 4) is 5.75 Å². The van der Waals surface area contributed by atoms with E-state index < -0.39 is 17.4 Å². The highest BCUT2D eigenvalue weighted by Crippen LogP contribution is 2.45. The number of allylic oxidation sites excluding steroid dienone is 1. The fourth-order valence-electron chi connectivity index (χ4n) is 2.50. The van der Waals surface area contributed by atoms with Crippen LogP contribution in [-0.2, 0) is 0 Å². The van der Waals surface area contributed by atoms with E-state index in [9.17, 15) is 18.8 Å². The van der Waals surface area contributed by atoms with Crippen LogP contribution in [0.1, 0.15) is 22.6 Å². The highest BCUT2D eigenvalue weighted by Gasteiger charge is 2.27. The summed E-state index contributed by atoms with van der Waals surface area (Å²) in [5.74, 6) is -2.22. The van der Waals surface area contributed by atoms with Gasteiger partial charge >= 0.3 is 0 Å². The van der Waals surface area contributed by atoms with E-state index in [1.165, 1.54) is 18.2 Å². The van der Waals surface area contributed by atoms with Crippen LogP contribution in [0.15, 0.2) is 40.0 Å². The Hall–Kier alpha value is -2.08. The summed E-state index contributed by atoms with van der Waals surface area (Å²) < 4.78 is 27.7. The first-order valence-corrected chi connectivity index (χ1v) is 6.84. The third-order valence-corrected chi connectivity index (χ3v) is 4.13. The molecule has 0 saturated carbocycles. The molecule has 21 heavy (non-hydrogen) atoms. The van der Waals surface area contributed by atoms with Crippen molar-refractivity contribution in [1.29, 1.82) is 0 Å². The molecule has 0 bridgehead atoms. The average Bonchev–Trinajstić information content (AvgIpc) is 2.87. The van der Waals surface area contributed by atoms with Crippen LogP contribution in [-0.4, -0.2) is 5.11 Å². The summed E-state index contributed by atoms with van der Waals surface area (Å²) in [5, 5.41) is 12.0. The van der Waals surface area contributed by atoms with E-state index >= 15 is 0 Å². The van der Waals surface area contributed by atoms with Crippen LogP contribution in [0.2, 0.25) is 0 Å². The summed E-state index contributed by atoms with van der Waals surface area (Å²) in [6.07, 6.45) is 3.32. The van der Waals surface area contributed by atoms with Crippen molar-refractivity contribution < 1.29 is 13.9 Å². The number of nitroso groups, excluding NO2 is 1. The number of phenols is 1. The van der Waals surface area contributed by atoms with Crippen LogP contribution in [0.25, 0.3) is 6.08 Å². The van der Waals surface area contributed by atoms with E-state index in [-0.39, 0.29) is 11.6 Å². The monoisotopic (exact) mass is 351 g/mol. The summed E-state index contributed by atoms with van der Waals surface area (Å²) in [4.78, 5) is 10.8. The maximum Gasteiger partial charge on any atom is 0.165 e. The zero-order chi connectivity index (χ0) is 15.1. The van der Waals surface area contributed by atoms with Gasteiger partial charge in [-0.05, 0) is 34.5 Å². The molecular formula is C15H8BrF2NO2. The third-order valence-electron chi connectivity index (χ3n) is 3.47. The Morgan fingerprint density at radius 3 is 2.62 bits per heavy atom. The van der Waals surface area contributed by atoms with Crippen molar-refractivity contribution >= 4 is 27.7 Å². The van der Waals surface area contributed by atoms with Gasteiger partial charge < -0.3 is 5.11 Å². The van der Waals surface area contributed by atoms with Gasteiger partial charge in [0, 0.05) is 16.0 Å². The Labute approximate surface area is 127 Å². The van der Waals surface area contributed by atoms with Gasteiger partial charge in [0.2, 0.25) is 0 Å². The highest BCUT2D eigenvalue weighted by molar-refractivity contribution is 9.10. The molecule has 0 amide bonds. The lowest BCUT2D eigenvalue weighted by Gasteiger charge is -2.15. The fraction of sp³-hybridized carbons (Fsp3) is 0.0667. The van der Waals surface area contributed by atoms with Gasteiger partial charge in [-0.3, -0.25) is 0 Å². The van der Waals surface area contributed by atoms with Gasteiger partial charge in [-0.25, -0.2) is 8.78 Å². The molecule has 1 aliphatic rings. The van der Waals surface area contributed by atoms with E-state index in [0.717, 1.165) is 0 Å². The van der Waals surface area contributed by atoms with Crippen molar-refractivity contribution in [3.63, 3.8) is 0 Å². The molecule has 0 saturated heterocycles. The predicted octanol–water partition coefficient (Wildman–Crippen LogP) is 4.99. The number of rotatable bonds is 2. The van der Waals surface area contributed by atoms with Gasteiger partial charge in [-0.2, -0.15) is 0 Å². The van der Waals surface area contributed by atoms with Crippen molar-refractivity contribution in [3.05, 3.63) is 68.0 Å². The van der Waals surface area contributed by atoms with E-state index in [4.69, 9.17) is 0 Å². The highest BCUT2D eigenvalue weighted by atomic mass is 79.9. The van der Waals surface area contributed by atoms with Crippen LogP contribution in [0.3, 0.4) is 0 Å². The summed E-state index contributed by atoms with van der Waals surface area (Å²) >= 11 is 3.27. The van der Waals surface area contributed by atoms with Crippen LogP contribution < -0.4 is 0 Å². The third kappa shape index (κ3) is 2.15. The number of aromatic hydroxyl groups is 1. The smallest absolute Gasteiger partial charge is 0.165 e. The lowest BCUT2D eigenvalue weighted by Crippen LogP contribution is -1.99. The zero-order valence-electron chi connectivity index (χ0n) is 10.5. The summed E-state index contributed by atoms with van der Waals surface area (Å²) in [7, 11) is 0. The van der Waals surface area contributed by atoms with Crippen molar-refractivity contribution in [1.82, 2.24) is 0 Å². The molecule has 1 N–H and O–H groups in total. The van der Waals surface area contributed by atoms with Crippen molar-refractivity contribution in [2.75, 3.05) is 0 Å². The number of hydrogen-bond acceptors (Lipinski definition) is 3. The Bertz CT molecular complexity index is 790. The summed E-state index contributed by atoms with van der Waals surface area (Å²) in [6.45, 7) is 0. The number of halogens is 3. The SMILES string of the molecule is O=Nc1c(F)cc(Br)c2c1C=CC2c1ccc(O)c(F)c1. The molecule has 1 atom stereocenters. The van der Waals surface area contributed by atoms with Crippen LogP contribution in [0, 0.1) is 16.5 Å². The van der Waals surface area contributed by atoms with Crippen LogP contribution >= 0.6 is 15.9 Å². The minimum Gasteiger partial charge on any atom is -0.505 e. The number of fused-ring (bicyclic) bond motifs is 1. The first-order chi connectivity index (χ1) is 10.0. The van der Waals surface area contributed by atoms with Crippen molar-refractivity contribution in [2.45, 2.75) is 5.92 Å². The molecule has 0 fully saturated rings. The largest absolute Gasteiger partial charge is 0.505 e. The van der Waals surface area contributed by atoms with Crippen molar-refractivity contribution in [2.24, 2.45) is 5.18 Å². The Kier molecular flexibility index (Phi) is 3.33. The molecule has 0 aromatic heterocycles. The molecule has 6 heteroatoms. The molecule has 2 aromatic carbocycles. The second-order valence-electron chi connectivity index (χ2n) is 4.66. The number of hydrogen-bond donors (Lipinski definition) is 1. The van der Waals surface area contributed by atoms with Crippen LogP contribution in [0.5, 0.6) is 5.75 Å². The maximum absolute atomic E-state index is 13.7. The van der Waals surface area contributed by atoms with Crippen LogP contribution in [0.4, 0.5) is 14.5 Å². The van der Waals surface area contributed by atoms with E-state index in [1.54, 1.807) is 18.2 Å².